The van der Waals surface area contributed by atoms with Gasteiger partial charge in [0.2, 0.25) is 0 Å². The van der Waals surface area contributed by atoms with Crippen LogP contribution in [0, 0.1) is 11.8 Å². The molecule has 98 valence electrons. The topological polar surface area (TPSA) is 50.4 Å². The van der Waals surface area contributed by atoms with Crippen molar-refractivity contribution in [3.63, 3.8) is 0 Å². The number of carbonyl (C=O) groups excluding carboxylic acids is 1. The second kappa shape index (κ2) is 5.71. The van der Waals surface area contributed by atoms with Crippen molar-refractivity contribution in [3.05, 3.63) is 0 Å². The minimum atomic E-state index is -0.0214. The molecule has 0 aromatic rings. The molecule has 2 amide bonds. The van der Waals surface area contributed by atoms with Gasteiger partial charge in [-0.2, -0.15) is 0 Å². The first-order valence-corrected chi connectivity index (χ1v) is 6.80. The normalized spacial score (nSPS) is 37.8. The van der Waals surface area contributed by atoms with Crippen molar-refractivity contribution in [3.8, 4) is 0 Å². The Morgan fingerprint density at radius 2 is 2.00 bits per heavy atom. The zero-order valence-electron chi connectivity index (χ0n) is 10.9. The molecule has 0 aromatic heterocycles. The molecule has 4 nitrogen and oxygen atoms in total. The summed E-state index contributed by atoms with van der Waals surface area (Å²) < 4.78 is 5.24. The predicted molar refractivity (Wildman–Crippen MR) is 66.9 cm³/mol. The van der Waals surface area contributed by atoms with Gasteiger partial charge in [0, 0.05) is 12.6 Å². The third-order valence-electron chi connectivity index (χ3n) is 4.01. The van der Waals surface area contributed by atoms with Crippen molar-refractivity contribution >= 4 is 6.03 Å². The third-order valence-corrected chi connectivity index (χ3v) is 4.01. The SMILES string of the molecule is CC1CCC(NC(=O)NC2CCOC2)C(C)C1. The van der Waals surface area contributed by atoms with Crippen LogP contribution in [0.2, 0.25) is 0 Å². The number of amides is 2. The van der Waals surface area contributed by atoms with E-state index in [0.29, 0.717) is 18.6 Å². The van der Waals surface area contributed by atoms with Gasteiger partial charge in [0.05, 0.1) is 12.6 Å². The second-order valence-corrected chi connectivity index (χ2v) is 5.68. The number of nitrogens with one attached hydrogen (secondary N) is 2. The highest BCUT2D eigenvalue weighted by molar-refractivity contribution is 5.74. The fraction of sp³-hybridized carbons (Fsp3) is 0.923. The van der Waals surface area contributed by atoms with Crippen LogP contribution in [0.3, 0.4) is 0 Å². The fourth-order valence-electron chi connectivity index (χ4n) is 2.92. The molecule has 2 N–H and O–H groups in total. The maximum Gasteiger partial charge on any atom is 0.315 e. The van der Waals surface area contributed by atoms with E-state index in [4.69, 9.17) is 4.74 Å². The Kier molecular flexibility index (Phi) is 4.26. The molecule has 0 radical (unpaired) electrons. The zero-order chi connectivity index (χ0) is 12.3. The summed E-state index contributed by atoms with van der Waals surface area (Å²) in [5.74, 6) is 1.39. The van der Waals surface area contributed by atoms with Gasteiger partial charge in [-0.1, -0.05) is 13.8 Å². The van der Waals surface area contributed by atoms with Crippen LogP contribution in [-0.2, 0) is 4.74 Å². The van der Waals surface area contributed by atoms with Gasteiger partial charge in [-0.3, -0.25) is 0 Å². The third kappa shape index (κ3) is 3.60. The summed E-state index contributed by atoms with van der Waals surface area (Å²) in [6.07, 6.45) is 4.49. The average molecular weight is 240 g/mol. The first-order chi connectivity index (χ1) is 8.15. The van der Waals surface area contributed by atoms with Crippen LogP contribution in [0.25, 0.3) is 0 Å². The second-order valence-electron chi connectivity index (χ2n) is 5.68. The largest absolute Gasteiger partial charge is 0.379 e. The first-order valence-electron chi connectivity index (χ1n) is 6.80. The molecule has 2 rings (SSSR count). The smallest absolute Gasteiger partial charge is 0.315 e. The molecule has 0 bridgehead atoms. The Labute approximate surface area is 103 Å². The highest BCUT2D eigenvalue weighted by Gasteiger charge is 2.27. The van der Waals surface area contributed by atoms with Gasteiger partial charge >= 0.3 is 6.03 Å². The van der Waals surface area contributed by atoms with Gasteiger partial charge in [-0.15, -0.1) is 0 Å². The number of ether oxygens (including phenoxy) is 1. The molecule has 4 atom stereocenters. The molecule has 2 fully saturated rings. The van der Waals surface area contributed by atoms with E-state index in [0.717, 1.165) is 25.4 Å². The minimum Gasteiger partial charge on any atom is -0.379 e. The lowest BCUT2D eigenvalue weighted by Crippen LogP contribution is -2.49. The van der Waals surface area contributed by atoms with Crippen LogP contribution in [0.4, 0.5) is 4.79 Å². The van der Waals surface area contributed by atoms with Crippen molar-refractivity contribution < 1.29 is 9.53 Å². The van der Waals surface area contributed by atoms with Crippen molar-refractivity contribution in [1.82, 2.24) is 10.6 Å². The van der Waals surface area contributed by atoms with Gasteiger partial charge < -0.3 is 15.4 Å². The molecule has 4 unspecified atom stereocenters. The van der Waals surface area contributed by atoms with E-state index in [1.165, 1.54) is 12.8 Å². The number of urea groups is 1. The van der Waals surface area contributed by atoms with Crippen molar-refractivity contribution in [2.45, 2.75) is 51.6 Å². The Morgan fingerprint density at radius 1 is 1.18 bits per heavy atom. The van der Waals surface area contributed by atoms with E-state index in [1.54, 1.807) is 0 Å². The number of carbonyl (C=O) groups is 1. The van der Waals surface area contributed by atoms with Crippen LogP contribution in [-0.4, -0.2) is 31.3 Å². The first kappa shape index (κ1) is 12.7. The summed E-state index contributed by atoms with van der Waals surface area (Å²) in [4.78, 5) is 11.8. The maximum absolute atomic E-state index is 11.8. The molecule has 0 spiro atoms. The van der Waals surface area contributed by atoms with Gasteiger partial charge in [0.1, 0.15) is 0 Å². The quantitative estimate of drug-likeness (QED) is 0.774. The van der Waals surface area contributed by atoms with Crippen molar-refractivity contribution in [1.29, 1.82) is 0 Å². The molecular formula is C13H24N2O2. The van der Waals surface area contributed by atoms with Gasteiger partial charge in [-0.05, 0) is 37.5 Å². The summed E-state index contributed by atoms with van der Waals surface area (Å²) >= 11 is 0. The molecule has 2 aliphatic rings. The summed E-state index contributed by atoms with van der Waals surface area (Å²) in [5.41, 5.74) is 0. The Hall–Kier alpha value is -0.770. The maximum atomic E-state index is 11.8. The van der Waals surface area contributed by atoms with Crippen LogP contribution in [0.5, 0.6) is 0 Å². The molecule has 4 heteroatoms. The zero-order valence-corrected chi connectivity index (χ0v) is 10.9. The fourth-order valence-corrected chi connectivity index (χ4v) is 2.92. The Balaban J connectivity index is 1.73. The number of rotatable bonds is 2. The van der Waals surface area contributed by atoms with Gasteiger partial charge in [-0.25, -0.2) is 4.79 Å². The molecular weight excluding hydrogens is 216 g/mol. The average Bonchev–Trinajstić information content (AvgIpc) is 2.75. The lowest BCUT2D eigenvalue weighted by atomic mass is 9.80. The molecule has 1 saturated carbocycles. The van der Waals surface area contributed by atoms with E-state index >= 15 is 0 Å². The number of hydrogen-bond acceptors (Lipinski definition) is 2. The summed E-state index contributed by atoms with van der Waals surface area (Å²) in [7, 11) is 0. The standard InChI is InChI=1S/C13H24N2O2/c1-9-3-4-12(10(2)7-9)15-13(16)14-11-5-6-17-8-11/h9-12H,3-8H2,1-2H3,(H2,14,15,16). The number of hydrogen-bond donors (Lipinski definition) is 2. The Bertz CT molecular complexity index is 264. The van der Waals surface area contributed by atoms with Crippen LogP contribution < -0.4 is 10.6 Å². The monoisotopic (exact) mass is 240 g/mol. The van der Waals surface area contributed by atoms with Crippen molar-refractivity contribution in [2.75, 3.05) is 13.2 Å². The highest BCUT2D eigenvalue weighted by atomic mass is 16.5. The van der Waals surface area contributed by atoms with Crippen LogP contribution >= 0.6 is 0 Å². The van der Waals surface area contributed by atoms with Crippen molar-refractivity contribution in [2.24, 2.45) is 11.8 Å². The van der Waals surface area contributed by atoms with E-state index < -0.39 is 0 Å². The van der Waals surface area contributed by atoms with E-state index in [9.17, 15) is 4.79 Å². The van der Waals surface area contributed by atoms with Crippen LogP contribution in [0.15, 0.2) is 0 Å². The van der Waals surface area contributed by atoms with E-state index in [2.05, 4.69) is 24.5 Å². The summed E-state index contributed by atoms with van der Waals surface area (Å²) in [6.45, 7) is 5.95. The van der Waals surface area contributed by atoms with E-state index in [1.807, 2.05) is 0 Å². The molecule has 1 heterocycles. The summed E-state index contributed by atoms with van der Waals surface area (Å²) in [5, 5.41) is 6.09. The summed E-state index contributed by atoms with van der Waals surface area (Å²) in [6, 6.07) is 0.522. The Morgan fingerprint density at radius 3 is 2.65 bits per heavy atom. The molecule has 0 aromatic carbocycles. The minimum absolute atomic E-state index is 0.0214. The predicted octanol–water partition coefficient (Wildman–Crippen LogP) is 1.90. The van der Waals surface area contributed by atoms with Crippen LogP contribution in [0.1, 0.15) is 39.5 Å². The molecule has 1 aliphatic carbocycles. The molecule has 1 aliphatic heterocycles. The lowest BCUT2D eigenvalue weighted by Gasteiger charge is -2.33. The molecule has 1 saturated heterocycles. The highest BCUT2D eigenvalue weighted by Crippen LogP contribution is 2.28. The van der Waals surface area contributed by atoms with Gasteiger partial charge in [0.15, 0.2) is 0 Å². The molecule has 17 heavy (non-hydrogen) atoms. The van der Waals surface area contributed by atoms with E-state index in [-0.39, 0.29) is 12.1 Å². The van der Waals surface area contributed by atoms with Gasteiger partial charge in [0.25, 0.3) is 0 Å². The lowest BCUT2D eigenvalue weighted by molar-refractivity contribution is 0.184.